The van der Waals surface area contributed by atoms with Gasteiger partial charge < -0.3 is 9.47 Å². The molecule has 1 aromatic rings. The third-order valence-electron chi connectivity index (χ3n) is 6.43. The maximum Gasteiger partial charge on any atom is 0.162 e. The lowest BCUT2D eigenvalue weighted by atomic mass is 9.78. The fourth-order valence-corrected chi connectivity index (χ4v) is 3.72. The molecule has 0 atom stereocenters. The number of benzene rings is 1. The first-order valence-corrected chi connectivity index (χ1v) is 9.83. The van der Waals surface area contributed by atoms with E-state index in [0.29, 0.717) is 24.0 Å². The van der Waals surface area contributed by atoms with Crippen molar-refractivity contribution in [1.82, 2.24) is 0 Å². The molecule has 2 fully saturated rings. The molecule has 3 rings (SSSR count). The van der Waals surface area contributed by atoms with E-state index in [1.165, 1.54) is 0 Å². The number of rotatable bonds is 10. The van der Waals surface area contributed by atoms with E-state index in [1.807, 2.05) is 0 Å². The molecule has 0 amide bonds. The molecule has 2 heterocycles. The summed E-state index contributed by atoms with van der Waals surface area (Å²) in [6.07, 6.45) is 4.96. The summed E-state index contributed by atoms with van der Waals surface area (Å²) in [5, 5.41) is 0. The highest BCUT2D eigenvalue weighted by atomic mass is 16.5. The van der Waals surface area contributed by atoms with Gasteiger partial charge in [-0.3, -0.25) is 9.59 Å². The van der Waals surface area contributed by atoms with Crippen LogP contribution in [0.25, 0.3) is 0 Å². The summed E-state index contributed by atoms with van der Waals surface area (Å²) in [5.41, 5.74) is 1.80. The average Bonchev–Trinajstić information content (AvgIpc) is 2.60. The molecule has 0 saturated carbocycles. The number of ketones is 2. The van der Waals surface area contributed by atoms with Crippen LogP contribution in [0.2, 0.25) is 0 Å². The minimum absolute atomic E-state index is 0.153. The second kappa shape index (κ2) is 8.01. The Morgan fingerprint density at radius 3 is 1.35 bits per heavy atom. The van der Waals surface area contributed by atoms with Crippen LogP contribution in [-0.4, -0.2) is 38.0 Å². The van der Waals surface area contributed by atoms with Gasteiger partial charge in [0, 0.05) is 34.8 Å². The van der Waals surface area contributed by atoms with Crippen LogP contribution in [0.15, 0.2) is 24.3 Å². The Balaban J connectivity index is 1.50. The Kier molecular flexibility index (Phi) is 5.93. The van der Waals surface area contributed by atoms with Crippen molar-refractivity contribution in [2.24, 2.45) is 10.8 Å². The molecule has 2 aliphatic rings. The fourth-order valence-electron chi connectivity index (χ4n) is 3.72. The van der Waals surface area contributed by atoms with Crippen LogP contribution in [0, 0.1) is 10.8 Å². The summed E-state index contributed by atoms with van der Waals surface area (Å²) in [4.78, 5) is 24.9. The Morgan fingerprint density at radius 2 is 1.12 bits per heavy atom. The number of Topliss-reactive ketones (excluding diaryl/α,β-unsaturated/α-hetero) is 2. The lowest BCUT2D eigenvalue weighted by Gasteiger charge is -2.40. The molecule has 1 aromatic carbocycles. The molecule has 0 spiro atoms. The van der Waals surface area contributed by atoms with Crippen LogP contribution in [0.3, 0.4) is 0 Å². The van der Waals surface area contributed by atoms with Crippen molar-refractivity contribution < 1.29 is 19.1 Å². The van der Waals surface area contributed by atoms with Crippen molar-refractivity contribution in [1.29, 1.82) is 0 Å². The van der Waals surface area contributed by atoms with Crippen molar-refractivity contribution in [3.05, 3.63) is 35.4 Å². The van der Waals surface area contributed by atoms with E-state index in [1.54, 1.807) is 24.3 Å². The summed E-state index contributed by atoms with van der Waals surface area (Å²) >= 11 is 0. The molecule has 142 valence electrons. The van der Waals surface area contributed by atoms with E-state index in [9.17, 15) is 9.59 Å². The predicted octanol–water partition coefficient (Wildman–Crippen LogP) is 4.47. The van der Waals surface area contributed by atoms with Crippen LogP contribution < -0.4 is 0 Å². The van der Waals surface area contributed by atoms with Crippen molar-refractivity contribution in [2.75, 3.05) is 26.4 Å². The molecule has 2 aliphatic heterocycles. The maximum atomic E-state index is 12.4. The quantitative estimate of drug-likeness (QED) is 0.579. The Morgan fingerprint density at radius 1 is 0.769 bits per heavy atom. The highest BCUT2D eigenvalue weighted by molar-refractivity contribution is 5.99. The predicted molar refractivity (Wildman–Crippen MR) is 101 cm³/mol. The van der Waals surface area contributed by atoms with Gasteiger partial charge in [-0.15, -0.1) is 0 Å². The summed E-state index contributed by atoms with van der Waals surface area (Å²) < 4.78 is 10.6. The summed E-state index contributed by atoms with van der Waals surface area (Å²) in [7, 11) is 0. The molecular weight excluding hydrogens is 328 g/mol. The lowest BCUT2D eigenvalue weighted by Crippen LogP contribution is -2.42. The average molecular weight is 358 g/mol. The molecule has 0 radical (unpaired) electrons. The van der Waals surface area contributed by atoms with Gasteiger partial charge in [0.1, 0.15) is 0 Å². The molecule has 4 nitrogen and oxygen atoms in total. The van der Waals surface area contributed by atoms with E-state index in [2.05, 4.69) is 13.8 Å². The minimum Gasteiger partial charge on any atom is -0.380 e. The van der Waals surface area contributed by atoms with Crippen molar-refractivity contribution in [3.63, 3.8) is 0 Å². The third-order valence-corrected chi connectivity index (χ3v) is 6.43. The lowest BCUT2D eigenvalue weighted by molar-refractivity contribution is -0.118. The van der Waals surface area contributed by atoms with E-state index in [-0.39, 0.29) is 22.4 Å². The van der Waals surface area contributed by atoms with Gasteiger partial charge >= 0.3 is 0 Å². The largest absolute Gasteiger partial charge is 0.380 e. The molecule has 4 heteroatoms. The number of hydrogen-bond acceptors (Lipinski definition) is 4. The maximum absolute atomic E-state index is 12.4. The molecule has 0 N–H and O–H groups in total. The van der Waals surface area contributed by atoms with E-state index < -0.39 is 0 Å². The second-order valence-corrected chi connectivity index (χ2v) is 8.12. The van der Waals surface area contributed by atoms with Gasteiger partial charge in [-0.25, -0.2) is 0 Å². The Bertz CT molecular complexity index is 571. The van der Waals surface area contributed by atoms with E-state index in [0.717, 1.165) is 52.1 Å². The van der Waals surface area contributed by atoms with Crippen molar-refractivity contribution in [2.45, 2.75) is 52.4 Å². The van der Waals surface area contributed by atoms with Crippen molar-refractivity contribution >= 4 is 11.6 Å². The van der Waals surface area contributed by atoms with Gasteiger partial charge in [-0.2, -0.15) is 0 Å². The molecule has 0 aromatic heterocycles. The van der Waals surface area contributed by atoms with Crippen LogP contribution >= 0.6 is 0 Å². The smallest absolute Gasteiger partial charge is 0.162 e. The highest BCUT2D eigenvalue weighted by Gasteiger charge is 2.37. The number of hydrogen-bond donors (Lipinski definition) is 0. The Hall–Kier alpha value is -1.52. The van der Waals surface area contributed by atoms with Gasteiger partial charge in [0.05, 0.1) is 26.4 Å². The monoisotopic (exact) mass is 358 g/mol. The first kappa shape index (κ1) is 19.2. The third kappa shape index (κ3) is 4.07. The topological polar surface area (TPSA) is 52.6 Å². The van der Waals surface area contributed by atoms with Crippen LogP contribution in [0.5, 0.6) is 0 Å². The van der Waals surface area contributed by atoms with Crippen molar-refractivity contribution in [3.8, 4) is 0 Å². The minimum atomic E-state index is 0.153. The first-order valence-electron chi connectivity index (χ1n) is 9.83. The molecular formula is C22H30O4. The second-order valence-electron chi connectivity index (χ2n) is 8.12. The van der Waals surface area contributed by atoms with Crippen LogP contribution in [0.4, 0.5) is 0 Å². The van der Waals surface area contributed by atoms with E-state index >= 15 is 0 Å². The number of carbonyl (C=O) groups excluding carboxylic acids is 2. The van der Waals surface area contributed by atoms with Crippen LogP contribution in [-0.2, 0) is 9.47 Å². The van der Waals surface area contributed by atoms with Gasteiger partial charge in [0.25, 0.3) is 0 Å². The fraction of sp³-hybridized carbons (Fsp3) is 0.636. The standard InChI is InChI=1S/C22H30O4/c1-3-21(13-25-14-21)11-9-19(23)17-5-7-18(8-6-17)20(24)10-12-22(4-2)15-26-16-22/h5-8H,3-4,9-16H2,1-2H3. The van der Waals surface area contributed by atoms with Crippen LogP contribution in [0.1, 0.15) is 73.1 Å². The zero-order valence-corrected chi connectivity index (χ0v) is 16.0. The molecule has 0 aliphatic carbocycles. The highest BCUT2D eigenvalue weighted by Crippen LogP contribution is 2.37. The van der Waals surface area contributed by atoms with Gasteiger partial charge in [0.2, 0.25) is 0 Å². The molecule has 26 heavy (non-hydrogen) atoms. The summed E-state index contributed by atoms with van der Waals surface area (Å²) in [6, 6.07) is 7.20. The summed E-state index contributed by atoms with van der Waals surface area (Å²) in [5.74, 6) is 0.306. The number of carbonyl (C=O) groups is 2. The zero-order chi connectivity index (χ0) is 18.6. The Labute approximate surface area is 156 Å². The molecule has 0 unspecified atom stereocenters. The SMILES string of the molecule is CCC1(CCC(=O)c2ccc(C(=O)CCC3(CC)COC3)cc2)COC1. The molecule has 2 saturated heterocycles. The number of ether oxygens (including phenoxy) is 2. The van der Waals surface area contributed by atoms with Gasteiger partial charge in [0.15, 0.2) is 11.6 Å². The van der Waals surface area contributed by atoms with E-state index in [4.69, 9.17) is 9.47 Å². The normalized spacial score (nSPS) is 20.1. The molecule has 0 bridgehead atoms. The van der Waals surface area contributed by atoms with Gasteiger partial charge in [-0.05, 0) is 25.7 Å². The zero-order valence-electron chi connectivity index (χ0n) is 16.0. The summed E-state index contributed by atoms with van der Waals surface area (Å²) in [6.45, 7) is 7.41. The first-order chi connectivity index (χ1) is 12.5. The van der Waals surface area contributed by atoms with Gasteiger partial charge in [-0.1, -0.05) is 38.1 Å².